The number of anilines is 1. The minimum Gasteiger partial charge on any atom is -0.441 e. The number of hydrogen-bond acceptors (Lipinski definition) is 6. The van der Waals surface area contributed by atoms with E-state index in [4.69, 9.17) is 8.94 Å². The molecule has 0 aliphatic carbocycles. The van der Waals surface area contributed by atoms with Gasteiger partial charge < -0.3 is 14.3 Å². The summed E-state index contributed by atoms with van der Waals surface area (Å²) in [6, 6.07) is 10.3. The highest BCUT2D eigenvalue weighted by molar-refractivity contribution is 5.91. The minimum absolute atomic E-state index is 0.107. The maximum absolute atomic E-state index is 13.9. The molecule has 0 fully saturated rings. The normalized spacial score (nSPS) is 11.5. The zero-order valence-electron chi connectivity index (χ0n) is 18.4. The first kappa shape index (κ1) is 22.3. The van der Waals surface area contributed by atoms with Crippen LogP contribution in [0, 0.1) is 11.6 Å². The van der Waals surface area contributed by atoms with Gasteiger partial charge in [0.05, 0.1) is 11.8 Å². The number of carbonyl (C=O) groups is 1. The number of amides is 1. The number of nitrogens with one attached hydrogen (secondary N) is 1. The second-order valence-corrected chi connectivity index (χ2v) is 8.54. The molecule has 0 aliphatic heterocycles. The fourth-order valence-electron chi connectivity index (χ4n) is 3.03. The van der Waals surface area contributed by atoms with Crippen LogP contribution in [0.25, 0.3) is 22.7 Å². The van der Waals surface area contributed by atoms with E-state index in [1.54, 1.807) is 24.3 Å². The Bertz CT molecular complexity index is 1270. The Morgan fingerprint density at radius 3 is 2.52 bits per heavy atom. The number of aromatic nitrogens is 3. The van der Waals surface area contributed by atoms with E-state index in [9.17, 15) is 13.6 Å². The maximum Gasteiger partial charge on any atom is 0.232 e. The number of nitrogens with zero attached hydrogens (tertiary/aromatic N) is 3. The van der Waals surface area contributed by atoms with Crippen molar-refractivity contribution < 1.29 is 22.5 Å². The predicted octanol–water partition coefficient (Wildman–Crippen LogP) is 5.54. The Morgan fingerprint density at radius 2 is 1.85 bits per heavy atom. The fraction of sp³-hybridized carbons (Fsp3) is 0.250. The summed E-state index contributed by atoms with van der Waals surface area (Å²) in [4.78, 5) is 20.8. The first-order valence-corrected chi connectivity index (χ1v) is 10.3. The molecule has 7 nitrogen and oxygen atoms in total. The molecule has 4 rings (SSSR count). The van der Waals surface area contributed by atoms with E-state index in [0.29, 0.717) is 17.4 Å². The summed E-state index contributed by atoms with van der Waals surface area (Å²) < 4.78 is 37.8. The van der Waals surface area contributed by atoms with Crippen molar-refractivity contribution in [3.05, 3.63) is 72.1 Å². The number of benzene rings is 2. The van der Waals surface area contributed by atoms with E-state index in [1.807, 2.05) is 20.8 Å². The fourth-order valence-corrected chi connectivity index (χ4v) is 3.03. The summed E-state index contributed by atoms with van der Waals surface area (Å²) in [5.74, 6) is -0.158. The van der Waals surface area contributed by atoms with E-state index in [2.05, 4.69) is 20.4 Å². The summed E-state index contributed by atoms with van der Waals surface area (Å²) in [5, 5.41) is 6.81. The monoisotopic (exact) mass is 452 g/mol. The smallest absolute Gasteiger partial charge is 0.232 e. The van der Waals surface area contributed by atoms with Crippen LogP contribution in [0.1, 0.15) is 39.0 Å². The van der Waals surface area contributed by atoms with Crippen LogP contribution in [-0.2, 0) is 16.6 Å². The zero-order chi connectivity index (χ0) is 23.6. The quantitative estimate of drug-likeness (QED) is 0.413. The van der Waals surface area contributed by atoms with Gasteiger partial charge in [0.15, 0.2) is 11.7 Å². The molecule has 0 unspecified atom stereocenters. The first-order valence-electron chi connectivity index (χ1n) is 10.3. The molecule has 4 aromatic rings. The van der Waals surface area contributed by atoms with Gasteiger partial charge in [-0.1, -0.05) is 25.9 Å². The molecule has 1 amide bonds. The van der Waals surface area contributed by atoms with E-state index in [0.717, 1.165) is 17.7 Å². The minimum atomic E-state index is -0.741. The Kier molecular flexibility index (Phi) is 6.04. The molecule has 0 saturated carbocycles. The van der Waals surface area contributed by atoms with Crippen LogP contribution in [0.5, 0.6) is 0 Å². The van der Waals surface area contributed by atoms with Crippen molar-refractivity contribution >= 4 is 11.6 Å². The van der Waals surface area contributed by atoms with Crippen LogP contribution < -0.4 is 5.32 Å². The Labute approximate surface area is 188 Å². The summed E-state index contributed by atoms with van der Waals surface area (Å²) in [7, 11) is 0. The molecule has 33 heavy (non-hydrogen) atoms. The molecule has 2 heterocycles. The third-order valence-electron chi connectivity index (χ3n) is 4.81. The van der Waals surface area contributed by atoms with E-state index in [-0.39, 0.29) is 41.4 Å². The van der Waals surface area contributed by atoms with Gasteiger partial charge in [-0.3, -0.25) is 4.79 Å². The molecule has 0 atom stereocenters. The average Bonchev–Trinajstić information content (AvgIpc) is 3.43. The number of oxazole rings is 1. The molecule has 9 heteroatoms. The zero-order valence-corrected chi connectivity index (χ0v) is 18.4. The lowest BCUT2D eigenvalue weighted by atomic mass is 9.97. The Morgan fingerprint density at radius 1 is 1.09 bits per heavy atom. The van der Waals surface area contributed by atoms with Crippen molar-refractivity contribution in [2.75, 3.05) is 5.32 Å². The molecule has 1 N–H and O–H groups in total. The number of rotatable bonds is 6. The molecule has 0 spiro atoms. The molecular weight excluding hydrogens is 430 g/mol. The van der Waals surface area contributed by atoms with Crippen molar-refractivity contribution in [2.24, 2.45) is 0 Å². The van der Waals surface area contributed by atoms with Crippen LogP contribution in [0.15, 0.2) is 57.6 Å². The third kappa shape index (κ3) is 5.31. The Balaban J connectivity index is 1.33. The van der Waals surface area contributed by atoms with Crippen molar-refractivity contribution in [3.8, 4) is 22.7 Å². The van der Waals surface area contributed by atoms with E-state index >= 15 is 0 Å². The number of aryl methyl sites for hydroxylation is 1. The van der Waals surface area contributed by atoms with Crippen LogP contribution in [0.2, 0.25) is 0 Å². The molecular formula is C24H22F2N4O3. The van der Waals surface area contributed by atoms with Gasteiger partial charge in [0.25, 0.3) is 0 Å². The van der Waals surface area contributed by atoms with Crippen LogP contribution >= 0.6 is 0 Å². The van der Waals surface area contributed by atoms with Gasteiger partial charge >= 0.3 is 0 Å². The molecule has 170 valence electrons. The number of hydrogen-bond donors (Lipinski definition) is 1. The molecule has 0 saturated heterocycles. The highest BCUT2D eigenvalue weighted by Gasteiger charge is 2.22. The lowest BCUT2D eigenvalue weighted by Crippen LogP contribution is -2.12. The standard InChI is InChI=1S/C24H22F2N4O3/c1-24(2,3)23-29-22(30-33-23)14-4-7-16(8-5-14)28-20(31)10-11-21-27-13-19(32-21)17-9-6-15(25)12-18(17)26/h4-9,12-13H,10-11H2,1-3H3,(H,28,31). The number of halogens is 2. The third-order valence-corrected chi connectivity index (χ3v) is 4.81. The highest BCUT2D eigenvalue weighted by atomic mass is 19.1. The number of carbonyl (C=O) groups excluding carboxylic acids is 1. The second-order valence-electron chi connectivity index (χ2n) is 8.54. The van der Waals surface area contributed by atoms with Gasteiger partial charge in [0.2, 0.25) is 17.6 Å². The Hall–Kier alpha value is -3.88. The van der Waals surface area contributed by atoms with E-state index < -0.39 is 11.6 Å². The van der Waals surface area contributed by atoms with Crippen LogP contribution in [-0.4, -0.2) is 21.0 Å². The van der Waals surface area contributed by atoms with Crippen molar-refractivity contribution in [3.63, 3.8) is 0 Å². The van der Waals surface area contributed by atoms with Crippen molar-refractivity contribution in [2.45, 2.75) is 39.0 Å². The SMILES string of the molecule is CC(C)(C)c1nc(-c2ccc(NC(=O)CCc3ncc(-c4ccc(F)cc4F)o3)cc2)no1. The summed E-state index contributed by atoms with van der Waals surface area (Å²) in [6.45, 7) is 5.97. The maximum atomic E-state index is 13.9. The average molecular weight is 452 g/mol. The lowest BCUT2D eigenvalue weighted by molar-refractivity contribution is -0.116. The van der Waals surface area contributed by atoms with Gasteiger partial charge in [-0.15, -0.1) is 0 Å². The van der Waals surface area contributed by atoms with Gasteiger partial charge in [-0.05, 0) is 36.4 Å². The second kappa shape index (κ2) is 8.93. The van der Waals surface area contributed by atoms with Crippen molar-refractivity contribution in [1.29, 1.82) is 0 Å². The molecule has 0 aliphatic rings. The molecule has 2 aromatic carbocycles. The highest BCUT2D eigenvalue weighted by Crippen LogP contribution is 2.26. The molecule has 0 bridgehead atoms. The van der Waals surface area contributed by atoms with E-state index in [1.165, 1.54) is 12.3 Å². The van der Waals surface area contributed by atoms with Crippen LogP contribution in [0.4, 0.5) is 14.5 Å². The first-order chi connectivity index (χ1) is 15.7. The largest absolute Gasteiger partial charge is 0.441 e. The summed E-state index contributed by atoms with van der Waals surface area (Å²) in [5.41, 5.74) is 1.25. The summed E-state index contributed by atoms with van der Waals surface area (Å²) in [6.07, 6.45) is 1.70. The van der Waals surface area contributed by atoms with Gasteiger partial charge in [-0.25, -0.2) is 13.8 Å². The van der Waals surface area contributed by atoms with Gasteiger partial charge in [0.1, 0.15) is 11.6 Å². The van der Waals surface area contributed by atoms with Crippen molar-refractivity contribution in [1.82, 2.24) is 15.1 Å². The van der Waals surface area contributed by atoms with Gasteiger partial charge in [-0.2, -0.15) is 4.98 Å². The topological polar surface area (TPSA) is 94.1 Å². The summed E-state index contributed by atoms with van der Waals surface area (Å²) >= 11 is 0. The lowest BCUT2D eigenvalue weighted by Gasteiger charge is -2.10. The molecule has 2 aromatic heterocycles. The molecule has 0 radical (unpaired) electrons. The predicted molar refractivity (Wildman–Crippen MR) is 117 cm³/mol. The van der Waals surface area contributed by atoms with Gasteiger partial charge in [0, 0.05) is 35.6 Å². The van der Waals surface area contributed by atoms with Crippen LogP contribution in [0.3, 0.4) is 0 Å².